The highest BCUT2D eigenvalue weighted by Gasteiger charge is 2.22. The predicted octanol–water partition coefficient (Wildman–Crippen LogP) is 2.16. The maximum Gasteiger partial charge on any atom is 0.251 e. The SMILES string of the molecule is C=CCNc1cnnc(N2CCc3ccccc32)n1. The summed E-state index contributed by atoms with van der Waals surface area (Å²) in [6.45, 7) is 5.22. The normalized spacial score (nSPS) is 13.2. The molecule has 2 heterocycles. The lowest BCUT2D eigenvalue weighted by atomic mass is 10.2. The first-order valence-electron chi connectivity index (χ1n) is 6.28. The van der Waals surface area contributed by atoms with Crippen LogP contribution in [0.15, 0.2) is 43.1 Å². The standard InChI is InChI=1S/C14H15N5/c1-2-8-15-13-10-16-18-14(17-13)19-9-7-11-5-3-4-6-12(11)19/h2-6,10H,1,7-9H2,(H,15,17,18). The highest BCUT2D eigenvalue weighted by Crippen LogP contribution is 2.32. The minimum Gasteiger partial charge on any atom is -0.365 e. The molecular weight excluding hydrogens is 238 g/mol. The van der Waals surface area contributed by atoms with Crippen molar-refractivity contribution >= 4 is 17.5 Å². The summed E-state index contributed by atoms with van der Waals surface area (Å²) in [6.07, 6.45) is 4.42. The molecule has 0 atom stereocenters. The maximum atomic E-state index is 4.48. The molecule has 0 aliphatic carbocycles. The van der Waals surface area contributed by atoms with E-state index in [2.05, 4.69) is 50.2 Å². The zero-order valence-corrected chi connectivity index (χ0v) is 10.6. The fourth-order valence-electron chi connectivity index (χ4n) is 2.22. The van der Waals surface area contributed by atoms with Crippen LogP contribution in [0.5, 0.6) is 0 Å². The second-order valence-corrected chi connectivity index (χ2v) is 4.34. The Morgan fingerprint density at radius 2 is 2.26 bits per heavy atom. The van der Waals surface area contributed by atoms with Gasteiger partial charge in [-0.2, -0.15) is 10.1 Å². The number of anilines is 3. The van der Waals surface area contributed by atoms with Gasteiger partial charge in [0, 0.05) is 18.8 Å². The fraction of sp³-hybridized carbons (Fsp3) is 0.214. The first-order chi connectivity index (χ1) is 9.38. The van der Waals surface area contributed by atoms with Crippen LogP contribution in [0.2, 0.25) is 0 Å². The number of rotatable bonds is 4. The number of hydrogen-bond donors (Lipinski definition) is 1. The summed E-state index contributed by atoms with van der Waals surface area (Å²) in [5.74, 6) is 1.35. The molecule has 0 amide bonds. The van der Waals surface area contributed by atoms with E-state index in [0.29, 0.717) is 18.3 Å². The van der Waals surface area contributed by atoms with E-state index < -0.39 is 0 Å². The minimum absolute atomic E-state index is 0.638. The van der Waals surface area contributed by atoms with Crippen LogP contribution in [0.3, 0.4) is 0 Å². The molecule has 0 spiro atoms. The first kappa shape index (κ1) is 11.6. The number of nitrogens with one attached hydrogen (secondary N) is 1. The molecule has 1 aromatic heterocycles. The summed E-state index contributed by atoms with van der Waals surface area (Å²) in [6, 6.07) is 8.33. The van der Waals surface area contributed by atoms with Gasteiger partial charge in [0.1, 0.15) is 0 Å². The van der Waals surface area contributed by atoms with Crippen LogP contribution in [-0.4, -0.2) is 28.3 Å². The molecule has 0 bridgehead atoms. The van der Waals surface area contributed by atoms with Crippen molar-refractivity contribution in [3.8, 4) is 0 Å². The van der Waals surface area contributed by atoms with E-state index in [4.69, 9.17) is 0 Å². The summed E-state index contributed by atoms with van der Waals surface area (Å²) >= 11 is 0. The van der Waals surface area contributed by atoms with Gasteiger partial charge in [-0.05, 0) is 18.1 Å². The van der Waals surface area contributed by atoms with Crippen LogP contribution in [0.25, 0.3) is 0 Å². The minimum atomic E-state index is 0.638. The van der Waals surface area contributed by atoms with Gasteiger partial charge in [-0.1, -0.05) is 24.3 Å². The molecule has 2 aromatic rings. The molecule has 19 heavy (non-hydrogen) atoms. The van der Waals surface area contributed by atoms with Crippen molar-refractivity contribution in [1.82, 2.24) is 15.2 Å². The van der Waals surface area contributed by atoms with Crippen molar-refractivity contribution in [3.05, 3.63) is 48.7 Å². The molecule has 5 nitrogen and oxygen atoms in total. The van der Waals surface area contributed by atoms with Crippen molar-refractivity contribution in [2.45, 2.75) is 6.42 Å². The molecule has 0 radical (unpaired) electrons. The summed E-state index contributed by atoms with van der Waals surface area (Å²) in [7, 11) is 0. The predicted molar refractivity (Wildman–Crippen MR) is 75.7 cm³/mol. The number of hydrogen-bond acceptors (Lipinski definition) is 5. The molecule has 0 unspecified atom stereocenters. The fourth-order valence-corrected chi connectivity index (χ4v) is 2.22. The third-order valence-corrected chi connectivity index (χ3v) is 3.10. The largest absolute Gasteiger partial charge is 0.365 e. The van der Waals surface area contributed by atoms with E-state index in [-0.39, 0.29) is 0 Å². The number of nitrogens with zero attached hydrogens (tertiary/aromatic N) is 4. The lowest BCUT2D eigenvalue weighted by Gasteiger charge is -2.16. The topological polar surface area (TPSA) is 53.9 Å². The van der Waals surface area contributed by atoms with Gasteiger partial charge in [0.25, 0.3) is 5.95 Å². The van der Waals surface area contributed by atoms with E-state index in [0.717, 1.165) is 13.0 Å². The smallest absolute Gasteiger partial charge is 0.251 e. The molecule has 5 heteroatoms. The van der Waals surface area contributed by atoms with Gasteiger partial charge in [-0.3, -0.25) is 0 Å². The van der Waals surface area contributed by atoms with Gasteiger partial charge in [-0.15, -0.1) is 11.7 Å². The molecule has 1 aromatic carbocycles. The van der Waals surface area contributed by atoms with Crippen molar-refractivity contribution < 1.29 is 0 Å². The zero-order chi connectivity index (χ0) is 13.1. The van der Waals surface area contributed by atoms with Crippen LogP contribution >= 0.6 is 0 Å². The van der Waals surface area contributed by atoms with Crippen LogP contribution in [-0.2, 0) is 6.42 Å². The molecular formula is C14H15N5. The summed E-state index contributed by atoms with van der Waals surface area (Å²) in [4.78, 5) is 6.58. The second-order valence-electron chi connectivity index (χ2n) is 4.34. The summed E-state index contributed by atoms with van der Waals surface area (Å²) in [5.41, 5.74) is 2.50. The lowest BCUT2D eigenvalue weighted by molar-refractivity contribution is 0.884. The average molecular weight is 253 g/mol. The number of para-hydroxylation sites is 1. The van der Waals surface area contributed by atoms with Gasteiger partial charge < -0.3 is 10.2 Å². The van der Waals surface area contributed by atoms with E-state index in [1.165, 1.54) is 11.3 Å². The van der Waals surface area contributed by atoms with Crippen LogP contribution in [0.1, 0.15) is 5.56 Å². The number of aromatic nitrogens is 3. The Morgan fingerprint density at radius 3 is 3.16 bits per heavy atom. The molecule has 3 rings (SSSR count). The lowest BCUT2D eigenvalue weighted by Crippen LogP contribution is -2.17. The monoisotopic (exact) mass is 253 g/mol. The summed E-state index contributed by atoms with van der Waals surface area (Å²) in [5, 5.41) is 11.3. The first-order valence-corrected chi connectivity index (χ1v) is 6.28. The Morgan fingerprint density at radius 1 is 1.37 bits per heavy atom. The Hall–Kier alpha value is -2.43. The Labute approximate surface area is 112 Å². The van der Waals surface area contributed by atoms with Crippen molar-refractivity contribution in [3.63, 3.8) is 0 Å². The van der Waals surface area contributed by atoms with E-state index >= 15 is 0 Å². The Kier molecular flexibility index (Phi) is 3.10. The number of fused-ring (bicyclic) bond motifs is 1. The Balaban J connectivity index is 1.89. The summed E-state index contributed by atoms with van der Waals surface area (Å²) < 4.78 is 0. The van der Waals surface area contributed by atoms with Gasteiger partial charge in [0.2, 0.25) is 0 Å². The van der Waals surface area contributed by atoms with Crippen molar-refractivity contribution in [2.75, 3.05) is 23.3 Å². The molecule has 1 aliphatic rings. The number of benzene rings is 1. The van der Waals surface area contributed by atoms with E-state index in [1.54, 1.807) is 12.3 Å². The zero-order valence-electron chi connectivity index (χ0n) is 10.6. The molecule has 0 saturated carbocycles. The van der Waals surface area contributed by atoms with Crippen LogP contribution < -0.4 is 10.2 Å². The quantitative estimate of drug-likeness (QED) is 0.846. The molecule has 96 valence electrons. The maximum absolute atomic E-state index is 4.48. The van der Waals surface area contributed by atoms with Gasteiger partial charge in [-0.25, -0.2) is 0 Å². The van der Waals surface area contributed by atoms with E-state index in [1.807, 2.05) is 6.07 Å². The van der Waals surface area contributed by atoms with E-state index in [9.17, 15) is 0 Å². The molecule has 0 saturated heterocycles. The molecule has 1 N–H and O–H groups in total. The molecule has 0 fully saturated rings. The second kappa shape index (κ2) is 5.06. The van der Waals surface area contributed by atoms with Gasteiger partial charge in [0.15, 0.2) is 5.82 Å². The average Bonchev–Trinajstić information content (AvgIpc) is 2.89. The third-order valence-electron chi connectivity index (χ3n) is 3.10. The van der Waals surface area contributed by atoms with Crippen LogP contribution in [0.4, 0.5) is 17.5 Å². The van der Waals surface area contributed by atoms with Gasteiger partial charge in [0.05, 0.1) is 6.20 Å². The van der Waals surface area contributed by atoms with Crippen molar-refractivity contribution in [2.24, 2.45) is 0 Å². The highest BCUT2D eigenvalue weighted by molar-refractivity contribution is 5.65. The molecule has 1 aliphatic heterocycles. The Bertz CT molecular complexity index is 596. The van der Waals surface area contributed by atoms with Gasteiger partial charge >= 0.3 is 0 Å². The third kappa shape index (κ3) is 2.27. The van der Waals surface area contributed by atoms with Crippen molar-refractivity contribution in [1.29, 1.82) is 0 Å². The highest BCUT2D eigenvalue weighted by atomic mass is 15.3. The van der Waals surface area contributed by atoms with Crippen LogP contribution in [0, 0.1) is 0 Å².